The van der Waals surface area contributed by atoms with Gasteiger partial charge in [0.05, 0.1) is 0 Å². The summed E-state index contributed by atoms with van der Waals surface area (Å²) in [6, 6.07) is 11.0. The molecule has 1 amide bonds. The fourth-order valence-electron chi connectivity index (χ4n) is 3.49. The zero-order chi connectivity index (χ0) is 21.0. The Morgan fingerprint density at radius 1 is 1.31 bits per heavy atom. The SMILES string of the molecule is Cc1csc(-c2ccc(C3=CCN(CCC(C)(C(=O)NO)S(C)=O)CC3)cc2)c1. The maximum absolute atomic E-state index is 12.0. The van der Waals surface area contributed by atoms with Crippen LogP contribution in [0, 0.1) is 6.92 Å². The standard InChI is InChI=1S/C22H28N2O3S2/c1-16-14-20(28-15-16)19-6-4-17(5-7-19)18-8-11-24(12-9-18)13-10-22(2,29(3)27)21(25)23-26/h4-8,14-15,26H,9-13H2,1-3H3,(H,23,25). The van der Waals surface area contributed by atoms with Crippen LogP contribution < -0.4 is 5.48 Å². The predicted octanol–water partition coefficient (Wildman–Crippen LogP) is 3.85. The van der Waals surface area contributed by atoms with E-state index >= 15 is 0 Å². The third kappa shape index (κ3) is 5.04. The normalized spacial score (nSPS) is 18.0. The number of rotatable bonds is 7. The lowest BCUT2D eigenvalue weighted by molar-refractivity contribution is -0.131. The van der Waals surface area contributed by atoms with Crippen LogP contribution in [0.15, 0.2) is 41.8 Å². The van der Waals surface area contributed by atoms with Crippen LogP contribution in [0.1, 0.15) is 30.9 Å². The van der Waals surface area contributed by atoms with Crippen LogP contribution in [0.4, 0.5) is 0 Å². The van der Waals surface area contributed by atoms with E-state index in [1.807, 2.05) is 0 Å². The number of carbonyl (C=O) groups is 1. The largest absolute Gasteiger partial charge is 0.299 e. The third-order valence-corrected chi connectivity index (χ3v) is 8.44. The molecule has 1 aliphatic rings. The molecule has 5 nitrogen and oxygen atoms in total. The third-order valence-electron chi connectivity index (χ3n) is 5.69. The lowest BCUT2D eigenvalue weighted by Crippen LogP contribution is -2.48. The molecule has 7 heteroatoms. The summed E-state index contributed by atoms with van der Waals surface area (Å²) in [5, 5.41) is 11.1. The number of hydrogen-bond donors (Lipinski definition) is 2. The zero-order valence-electron chi connectivity index (χ0n) is 17.1. The topological polar surface area (TPSA) is 69.6 Å². The molecule has 2 atom stereocenters. The molecule has 3 rings (SSSR count). The number of amides is 1. The van der Waals surface area contributed by atoms with E-state index in [0.29, 0.717) is 13.0 Å². The van der Waals surface area contributed by atoms with E-state index in [1.54, 1.807) is 23.7 Å². The minimum Gasteiger partial charge on any atom is -0.299 e. The number of hydrogen-bond acceptors (Lipinski definition) is 5. The van der Waals surface area contributed by atoms with E-state index in [2.05, 4.69) is 53.6 Å². The first kappa shape index (κ1) is 21.9. The highest BCUT2D eigenvalue weighted by Crippen LogP contribution is 2.30. The van der Waals surface area contributed by atoms with Crippen molar-refractivity contribution in [2.24, 2.45) is 0 Å². The Morgan fingerprint density at radius 3 is 2.52 bits per heavy atom. The van der Waals surface area contributed by atoms with E-state index in [4.69, 9.17) is 5.21 Å². The second-order valence-electron chi connectivity index (χ2n) is 7.72. The summed E-state index contributed by atoms with van der Waals surface area (Å²) in [5.74, 6) is -0.590. The number of carbonyl (C=O) groups excluding carboxylic acids is 1. The van der Waals surface area contributed by atoms with Gasteiger partial charge in [0.1, 0.15) is 4.75 Å². The maximum atomic E-state index is 12.0. The van der Waals surface area contributed by atoms with Crippen molar-refractivity contribution >= 4 is 33.6 Å². The van der Waals surface area contributed by atoms with Gasteiger partial charge < -0.3 is 0 Å². The van der Waals surface area contributed by atoms with Gasteiger partial charge in [-0.15, -0.1) is 11.3 Å². The fourth-order valence-corrected chi connectivity index (χ4v) is 5.08. The van der Waals surface area contributed by atoms with E-state index in [0.717, 1.165) is 19.5 Å². The average Bonchev–Trinajstić information content (AvgIpc) is 3.18. The minimum atomic E-state index is -1.37. The lowest BCUT2D eigenvalue weighted by Gasteiger charge is -2.31. The molecule has 156 valence electrons. The molecule has 2 unspecified atom stereocenters. The van der Waals surface area contributed by atoms with Gasteiger partial charge >= 0.3 is 0 Å². The predicted molar refractivity (Wildman–Crippen MR) is 121 cm³/mol. The molecule has 0 radical (unpaired) electrons. The van der Waals surface area contributed by atoms with Crippen LogP contribution in [0.5, 0.6) is 0 Å². The van der Waals surface area contributed by atoms with Crippen LogP contribution in [0.3, 0.4) is 0 Å². The van der Waals surface area contributed by atoms with Gasteiger partial charge in [0.2, 0.25) is 0 Å². The monoisotopic (exact) mass is 432 g/mol. The van der Waals surface area contributed by atoms with Crippen molar-refractivity contribution < 1.29 is 14.2 Å². The summed E-state index contributed by atoms with van der Waals surface area (Å²) in [4.78, 5) is 15.5. The lowest BCUT2D eigenvalue weighted by atomic mass is 9.97. The molecule has 0 spiro atoms. The molecule has 2 aromatic rings. The van der Waals surface area contributed by atoms with Gasteiger partial charge in [0, 0.05) is 41.6 Å². The number of nitrogens with one attached hydrogen (secondary N) is 1. The molecule has 2 N–H and O–H groups in total. The average molecular weight is 433 g/mol. The van der Waals surface area contributed by atoms with Crippen molar-refractivity contribution in [3.05, 3.63) is 52.9 Å². The number of aryl methyl sites for hydroxylation is 1. The Hall–Kier alpha value is -1.80. The van der Waals surface area contributed by atoms with Crippen molar-refractivity contribution in [3.8, 4) is 10.4 Å². The summed E-state index contributed by atoms with van der Waals surface area (Å²) >= 11 is 1.77. The Morgan fingerprint density at radius 2 is 2.00 bits per heavy atom. The smallest absolute Gasteiger partial charge is 0.261 e. The maximum Gasteiger partial charge on any atom is 0.261 e. The Labute approximate surface area is 178 Å². The van der Waals surface area contributed by atoms with Gasteiger partial charge in [-0.05, 0) is 60.4 Å². The van der Waals surface area contributed by atoms with Crippen molar-refractivity contribution in [1.82, 2.24) is 10.4 Å². The van der Waals surface area contributed by atoms with Gasteiger partial charge in [0.15, 0.2) is 0 Å². The highest BCUT2D eigenvalue weighted by atomic mass is 32.2. The molecule has 1 aromatic heterocycles. The minimum absolute atomic E-state index is 0.431. The molecular formula is C22H28N2O3S2. The first-order chi connectivity index (χ1) is 13.8. The Balaban J connectivity index is 1.60. The van der Waals surface area contributed by atoms with Crippen LogP contribution in [-0.4, -0.2) is 50.9 Å². The summed E-state index contributed by atoms with van der Waals surface area (Å²) < 4.78 is 10.9. The first-order valence-corrected chi connectivity index (χ1v) is 12.1. The summed E-state index contributed by atoms with van der Waals surface area (Å²) in [5.41, 5.74) is 6.79. The highest BCUT2D eigenvalue weighted by molar-refractivity contribution is 7.86. The molecule has 2 heterocycles. The molecule has 0 aliphatic carbocycles. The second-order valence-corrected chi connectivity index (χ2v) is 10.4. The van der Waals surface area contributed by atoms with Gasteiger partial charge in [-0.25, -0.2) is 5.48 Å². The van der Waals surface area contributed by atoms with Crippen molar-refractivity contribution in [2.75, 3.05) is 25.9 Å². The Kier molecular flexibility index (Phi) is 7.05. The molecule has 0 fully saturated rings. The van der Waals surface area contributed by atoms with Crippen molar-refractivity contribution in [3.63, 3.8) is 0 Å². The first-order valence-electron chi connectivity index (χ1n) is 9.69. The van der Waals surface area contributed by atoms with Gasteiger partial charge in [-0.3, -0.25) is 19.1 Å². The van der Waals surface area contributed by atoms with Crippen LogP contribution >= 0.6 is 11.3 Å². The van der Waals surface area contributed by atoms with Crippen LogP contribution in [0.2, 0.25) is 0 Å². The summed E-state index contributed by atoms with van der Waals surface area (Å²) in [6.45, 7) is 6.10. The van der Waals surface area contributed by atoms with E-state index in [-0.39, 0.29) is 0 Å². The molecule has 0 saturated carbocycles. The van der Waals surface area contributed by atoms with Gasteiger partial charge in [-0.1, -0.05) is 30.3 Å². The quantitative estimate of drug-likeness (QED) is 0.515. The van der Waals surface area contributed by atoms with E-state index in [9.17, 15) is 9.00 Å². The van der Waals surface area contributed by atoms with E-state index < -0.39 is 21.5 Å². The highest BCUT2D eigenvalue weighted by Gasteiger charge is 2.37. The number of benzene rings is 1. The summed E-state index contributed by atoms with van der Waals surface area (Å²) in [6.07, 6.45) is 5.11. The number of nitrogens with zero attached hydrogens (tertiary/aromatic N) is 1. The Bertz CT molecular complexity index is 920. The van der Waals surface area contributed by atoms with E-state index in [1.165, 1.54) is 33.4 Å². The fraction of sp³-hybridized carbons (Fsp3) is 0.409. The molecule has 1 aromatic carbocycles. The van der Waals surface area contributed by atoms with Crippen molar-refractivity contribution in [1.29, 1.82) is 0 Å². The van der Waals surface area contributed by atoms with Gasteiger partial charge in [0.25, 0.3) is 5.91 Å². The number of thiophene rings is 1. The second kappa shape index (κ2) is 9.34. The molecule has 0 saturated heterocycles. The van der Waals surface area contributed by atoms with Crippen LogP contribution in [0.25, 0.3) is 16.0 Å². The number of hydroxylamine groups is 1. The zero-order valence-corrected chi connectivity index (χ0v) is 18.7. The molecule has 1 aliphatic heterocycles. The summed E-state index contributed by atoms with van der Waals surface area (Å²) in [7, 11) is -1.37. The van der Waals surface area contributed by atoms with Gasteiger partial charge in [-0.2, -0.15) is 0 Å². The molecular weight excluding hydrogens is 404 g/mol. The molecule has 29 heavy (non-hydrogen) atoms. The molecule has 0 bridgehead atoms. The van der Waals surface area contributed by atoms with Crippen LogP contribution in [-0.2, 0) is 15.6 Å². The van der Waals surface area contributed by atoms with Crippen molar-refractivity contribution in [2.45, 2.75) is 31.4 Å².